The minimum absolute atomic E-state index is 0.0770. The molecule has 0 fully saturated rings. The van der Waals surface area contributed by atoms with Crippen LogP contribution in [0.3, 0.4) is 0 Å². The fourth-order valence-electron chi connectivity index (χ4n) is 4.03. The van der Waals surface area contributed by atoms with Crippen LogP contribution in [0.2, 0.25) is 23.2 Å². The topological polar surface area (TPSA) is 74.3 Å². The molecule has 190 valence electrons. The molecule has 0 radical (unpaired) electrons. The largest absolute Gasteiger partial charge is 0.408 e. The number of fused-ring (bicyclic) bond motifs is 1. The Morgan fingerprint density at radius 3 is 2.19 bits per heavy atom. The van der Waals surface area contributed by atoms with E-state index in [9.17, 15) is 8.42 Å². The van der Waals surface area contributed by atoms with Crippen molar-refractivity contribution < 1.29 is 12.8 Å². The molecule has 0 aliphatic rings. The van der Waals surface area contributed by atoms with Gasteiger partial charge < -0.3 is 10.2 Å². The molecule has 0 saturated carbocycles. The Kier molecular flexibility index (Phi) is 7.25. The fourth-order valence-corrected chi connectivity index (χ4v) is 7.09. The fraction of sp³-hybridized carbons (Fsp3) is 0.286. The monoisotopic (exact) mass is 540 g/mol. The Morgan fingerprint density at radius 2 is 1.56 bits per heavy atom. The van der Waals surface area contributed by atoms with Crippen LogP contribution in [-0.2, 0) is 14.4 Å². The molecular formula is C28H33ClN2O3SSi. The van der Waals surface area contributed by atoms with Gasteiger partial charge in [-0.15, -0.1) is 0 Å². The van der Waals surface area contributed by atoms with Crippen molar-refractivity contribution >= 4 is 40.8 Å². The third-order valence-electron chi connectivity index (χ3n) is 7.05. The number of benzene rings is 3. The highest BCUT2D eigenvalue weighted by Gasteiger charge is 2.42. The van der Waals surface area contributed by atoms with Crippen molar-refractivity contribution in [2.75, 3.05) is 0 Å². The summed E-state index contributed by atoms with van der Waals surface area (Å²) in [6.07, 6.45) is -0.598. The van der Waals surface area contributed by atoms with Crippen molar-refractivity contribution in [2.24, 2.45) is 5.73 Å². The maximum absolute atomic E-state index is 13.9. The molecule has 0 saturated heterocycles. The van der Waals surface area contributed by atoms with Crippen molar-refractivity contribution in [3.8, 4) is 0 Å². The van der Waals surface area contributed by atoms with Gasteiger partial charge in [-0.3, -0.25) is 0 Å². The van der Waals surface area contributed by atoms with Crippen LogP contribution in [0.1, 0.15) is 44.2 Å². The van der Waals surface area contributed by atoms with E-state index in [1.54, 1.807) is 42.5 Å². The number of nitrogens with two attached hydrogens (primary N) is 1. The van der Waals surface area contributed by atoms with Gasteiger partial charge in [-0.2, -0.15) is 0 Å². The predicted molar refractivity (Wildman–Crippen MR) is 150 cm³/mol. The number of hydrogen-bond donors (Lipinski definition) is 1. The van der Waals surface area contributed by atoms with Crippen molar-refractivity contribution in [3.05, 3.63) is 101 Å². The number of aromatic nitrogens is 1. The van der Waals surface area contributed by atoms with Gasteiger partial charge in [0.25, 0.3) is 10.0 Å². The summed E-state index contributed by atoms with van der Waals surface area (Å²) in [6, 6.07) is 24.4. The summed E-state index contributed by atoms with van der Waals surface area (Å²) in [4.78, 5) is 0.199. The zero-order valence-corrected chi connectivity index (χ0v) is 23.8. The van der Waals surface area contributed by atoms with Crippen LogP contribution in [0.4, 0.5) is 0 Å². The molecule has 0 unspecified atom stereocenters. The number of rotatable bonds is 7. The highest BCUT2D eigenvalue weighted by molar-refractivity contribution is 7.90. The highest BCUT2D eigenvalue weighted by atomic mass is 35.5. The Morgan fingerprint density at radius 1 is 0.917 bits per heavy atom. The summed E-state index contributed by atoms with van der Waals surface area (Å²) in [7, 11) is -6.24. The lowest BCUT2D eigenvalue weighted by Crippen LogP contribution is -2.44. The summed E-state index contributed by atoms with van der Waals surface area (Å²) in [5.74, 6) is 0. The van der Waals surface area contributed by atoms with Crippen LogP contribution in [0.15, 0.2) is 89.8 Å². The second-order valence-electron chi connectivity index (χ2n) is 10.6. The van der Waals surface area contributed by atoms with E-state index < -0.39 is 30.5 Å². The van der Waals surface area contributed by atoms with Crippen LogP contribution in [-0.4, -0.2) is 20.7 Å². The minimum atomic E-state index is -3.93. The quantitative estimate of drug-likeness (QED) is 0.250. The molecule has 8 heteroatoms. The molecule has 36 heavy (non-hydrogen) atoms. The molecule has 5 nitrogen and oxygen atoms in total. The normalized spacial score (nSPS) is 14.6. The molecule has 0 aliphatic heterocycles. The zero-order chi connectivity index (χ0) is 26.3. The van der Waals surface area contributed by atoms with Crippen molar-refractivity contribution in [1.29, 1.82) is 0 Å². The maximum Gasteiger partial charge on any atom is 0.268 e. The van der Waals surface area contributed by atoms with Crippen LogP contribution in [0, 0.1) is 0 Å². The minimum Gasteiger partial charge on any atom is -0.408 e. The molecule has 4 aromatic rings. The van der Waals surface area contributed by atoms with Gasteiger partial charge in [-0.05, 0) is 60.1 Å². The molecule has 0 aliphatic carbocycles. The molecule has 2 atom stereocenters. The lowest BCUT2D eigenvalue weighted by Gasteiger charge is -2.41. The van der Waals surface area contributed by atoms with Gasteiger partial charge >= 0.3 is 0 Å². The second kappa shape index (κ2) is 9.80. The predicted octanol–water partition coefficient (Wildman–Crippen LogP) is 7.29. The van der Waals surface area contributed by atoms with Crippen molar-refractivity contribution in [2.45, 2.75) is 55.9 Å². The average Bonchev–Trinajstić information content (AvgIpc) is 3.22. The smallest absolute Gasteiger partial charge is 0.268 e. The van der Waals surface area contributed by atoms with Gasteiger partial charge in [0, 0.05) is 10.4 Å². The molecule has 1 aromatic heterocycles. The van der Waals surface area contributed by atoms with Gasteiger partial charge in [0.05, 0.1) is 28.3 Å². The lowest BCUT2D eigenvalue weighted by molar-refractivity contribution is 0.152. The number of halogens is 1. The average molecular weight is 541 g/mol. The van der Waals surface area contributed by atoms with E-state index in [0.717, 1.165) is 10.9 Å². The van der Waals surface area contributed by atoms with E-state index in [4.69, 9.17) is 21.8 Å². The van der Waals surface area contributed by atoms with Gasteiger partial charge in [0.1, 0.15) is 0 Å². The molecule has 0 spiro atoms. The van der Waals surface area contributed by atoms with E-state index in [0.29, 0.717) is 16.2 Å². The van der Waals surface area contributed by atoms with Crippen LogP contribution in [0.5, 0.6) is 0 Å². The van der Waals surface area contributed by atoms with Crippen LogP contribution < -0.4 is 5.73 Å². The Labute approximate surface area is 220 Å². The van der Waals surface area contributed by atoms with Crippen LogP contribution >= 0.6 is 11.6 Å². The standard InChI is InChI=1S/C28H33ClN2O3SSi/c1-28(2,3)36(4,5)34-27(21-13-11-14-22(29)18-21)26(30)25-19-20-12-9-10-17-24(20)31(25)35(32,33)23-15-7-6-8-16-23/h6-19,26-27H,30H2,1-5H3/t26-,27-/m1/s1. The summed E-state index contributed by atoms with van der Waals surface area (Å²) in [6.45, 7) is 10.8. The van der Waals surface area contributed by atoms with E-state index in [1.165, 1.54) is 3.97 Å². The Bertz CT molecular complexity index is 1480. The second-order valence-corrected chi connectivity index (χ2v) is 17.6. The first-order chi connectivity index (χ1) is 16.8. The molecule has 0 bridgehead atoms. The van der Waals surface area contributed by atoms with Gasteiger partial charge in [0.15, 0.2) is 8.32 Å². The summed E-state index contributed by atoms with van der Waals surface area (Å²) >= 11 is 6.36. The number of para-hydroxylation sites is 1. The number of hydrogen-bond acceptors (Lipinski definition) is 4. The van der Waals surface area contributed by atoms with E-state index in [-0.39, 0.29) is 9.93 Å². The Hall–Kier alpha value is -2.42. The molecule has 4 rings (SSSR count). The van der Waals surface area contributed by atoms with E-state index in [1.807, 2.05) is 42.5 Å². The third-order valence-corrected chi connectivity index (χ3v) is 13.5. The summed E-state index contributed by atoms with van der Waals surface area (Å²) in [5.41, 5.74) is 8.83. The van der Waals surface area contributed by atoms with E-state index in [2.05, 4.69) is 33.9 Å². The van der Waals surface area contributed by atoms with Crippen molar-refractivity contribution in [3.63, 3.8) is 0 Å². The Balaban J connectivity index is 1.94. The first-order valence-electron chi connectivity index (χ1n) is 11.9. The van der Waals surface area contributed by atoms with E-state index >= 15 is 0 Å². The maximum atomic E-state index is 13.9. The first-order valence-corrected chi connectivity index (χ1v) is 16.7. The zero-order valence-electron chi connectivity index (χ0n) is 21.3. The molecule has 1 heterocycles. The van der Waals surface area contributed by atoms with Gasteiger partial charge in [0.2, 0.25) is 0 Å². The highest BCUT2D eigenvalue weighted by Crippen LogP contribution is 2.44. The number of nitrogens with zero attached hydrogens (tertiary/aromatic N) is 1. The molecular weight excluding hydrogens is 508 g/mol. The van der Waals surface area contributed by atoms with Crippen LogP contribution in [0.25, 0.3) is 10.9 Å². The molecule has 0 amide bonds. The molecule has 2 N–H and O–H groups in total. The van der Waals surface area contributed by atoms with Gasteiger partial charge in [-0.25, -0.2) is 12.4 Å². The van der Waals surface area contributed by atoms with Crippen molar-refractivity contribution in [1.82, 2.24) is 3.97 Å². The SMILES string of the molecule is CC(C)(C)[Si](C)(C)O[C@H](c1cccc(Cl)c1)[C@H](N)c1cc2ccccc2n1S(=O)(=O)c1ccccc1. The third kappa shape index (κ3) is 5.03. The lowest BCUT2D eigenvalue weighted by atomic mass is 10.0. The first kappa shape index (κ1) is 26.6. The summed E-state index contributed by atoms with van der Waals surface area (Å²) < 4.78 is 36.1. The van der Waals surface area contributed by atoms with Gasteiger partial charge in [-0.1, -0.05) is 80.9 Å². The summed E-state index contributed by atoms with van der Waals surface area (Å²) in [5, 5.41) is 1.28. The molecule has 3 aromatic carbocycles.